The quantitative estimate of drug-likeness (QED) is 0.733. The molecule has 0 aromatic heterocycles. The summed E-state index contributed by atoms with van der Waals surface area (Å²) in [5.74, 6) is -0.584. The summed E-state index contributed by atoms with van der Waals surface area (Å²) in [7, 11) is 0. The highest BCUT2D eigenvalue weighted by Crippen LogP contribution is 2.22. The Morgan fingerprint density at radius 3 is 2.29 bits per heavy atom. The predicted molar refractivity (Wildman–Crippen MR) is 58.4 cm³/mol. The Kier molecular flexibility index (Phi) is 6.52. The molecule has 0 heterocycles. The highest BCUT2D eigenvalue weighted by molar-refractivity contribution is 5.75. The van der Waals surface area contributed by atoms with Gasteiger partial charge in [0.25, 0.3) is 0 Å². The summed E-state index contributed by atoms with van der Waals surface area (Å²) in [6, 6.07) is 0. The normalized spacial score (nSPS) is 12.6. The molecule has 0 unspecified atom stereocenters. The van der Waals surface area contributed by atoms with E-state index in [0.717, 1.165) is 0 Å². The number of alkyl halides is 3. The SMILES string of the molecule is CC(C)(CCCO)CNC(=O)CCC(F)(F)F. The first-order valence-corrected chi connectivity index (χ1v) is 5.61. The van der Waals surface area contributed by atoms with Gasteiger partial charge >= 0.3 is 6.18 Å². The van der Waals surface area contributed by atoms with Gasteiger partial charge in [-0.3, -0.25) is 4.79 Å². The average Bonchev–Trinajstić information content (AvgIpc) is 2.20. The second kappa shape index (κ2) is 6.83. The molecule has 0 saturated heterocycles. The van der Waals surface area contributed by atoms with Gasteiger partial charge in [-0.25, -0.2) is 0 Å². The highest BCUT2D eigenvalue weighted by atomic mass is 19.4. The molecular weight excluding hydrogens is 235 g/mol. The number of nitrogens with one attached hydrogen (secondary N) is 1. The van der Waals surface area contributed by atoms with Crippen LogP contribution in [0.4, 0.5) is 13.2 Å². The van der Waals surface area contributed by atoms with Gasteiger partial charge in [0.1, 0.15) is 0 Å². The predicted octanol–water partition coefficient (Wildman–Crippen LogP) is 2.24. The van der Waals surface area contributed by atoms with E-state index < -0.39 is 24.9 Å². The summed E-state index contributed by atoms with van der Waals surface area (Å²) in [6.07, 6.45) is -4.58. The van der Waals surface area contributed by atoms with Crippen LogP contribution in [-0.4, -0.2) is 30.3 Å². The van der Waals surface area contributed by atoms with E-state index in [1.807, 2.05) is 13.8 Å². The van der Waals surface area contributed by atoms with E-state index in [4.69, 9.17) is 5.11 Å². The molecule has 0 aromatic carbocycles. The van der Waals surface area contributed by atoms with Crippen molar-refractivity contribution in [2.45, 2.75) is 45.7 Å². The first-order chi connectivity index (χ1) is 7.66. The van der Waals surface area contributed by atoms with Crippen molar-refractivity contribution >= 4 is 5.91 Å². The summed E-state index contributed by atoms with van der Waals surface area (Å²) in [4.78, 5) is 11.1. The molecule has 0 aromatic rings. The second-order valence-corrected chi connectivity index (χ2v) is 4.88. The molecule has 17 heavy (non-hydrogen) atoms. The van der Waals surface area contributed by atoms with E-state index in [1.165, 1.54) is 0 Å². The number of rotatable bonds is 7. The lowest BCUT2D eigenvalue weighted by atomic mass is 9.88. The molecule has 1 amide bonds. The minimum absolute atomic E-state index is 0.0749. The van der Waals surface area contributed by atoms with Gasteiger partial charge in [-0.2, -0.15) is 13.2 Å². The number of hydrogen-bond acceptors (Lipinski definition) is 2. The topological polar surface area (TPSA) is 49.3 Å². The fraction of sp³-hybridized carbons (Fsp3) is 0.909. The molecule has 0 rings (SSSR count). The molecule has 6 heteroatoms. The van der Waals surface area contributed by atoms with Crippen molar-refractivity contribution in [3.05, 3.63) is 0 Å². The summed E-state index contributed by atoms with van der Waals surface area (Å²) >= 11 is 0. The molecule has 0 radical (unpaired) electrons. The zero-order chi connectivity index (χ0) is 13.5. The summed E-state index contributed by atoms with van der Waals surface area (Å²) < 4.78 is 35.5. The molecule has 0 fully saturated rings. The van der Waals surface area contributed by atoms with Crippen LogP contribution in [0.15, 0.2) is 0 Å². The maximum Gasteiger partial charge on any atom is 0.389 e. The standard InChI is InChI=1S/C11H20F3NO2/c1-10(2,5-3-7-16)8-15-9(17)4-6-11(12,13)14/h16H,3-8H2,1-2H3,(H,15,17). The number of hydrogen-bond donors (Lipinski definition) is 2. The lowest BCUT2D eigenvalue weighted by Crippen LogP contribution is -2.34. The van der Waals surface area contributed by atoms with Gasteiger partial charge in [-0.1, -0.05) is 13.8 Å². The Labute approximate surface area is 99.4 Å². The van der Waals surface area contributed by atoms with Gasteiger partial charge in [0, 0.05) is 19.6 Å². The molecule has 0 saturated carbocycles. The Morgan fingerprint density at radius 1 is 1.24 bits per heavy atom. The maximum absolute atomic E-state index is 11.8. The third-order valence-electron chi connectivity index (χ3n) is 2.41. The third kappa shape index (κ3) is 10.1. The summed E-state index contributed by atoms with van der Waals surface area (Å²) in [5.41, 5.74) is -0.212. The third-order valence-corrected chi connectivity index (χ3v) is 2.41. The minimum atomic E-state index is -4.29. The number of amides is 1. The van der Waals surface area contributed by atoms with Crippen LogP contribution in [0.5, 0.6) is 0 Å². The van der Waals surface area contributed by atoms with Crippen LogP contribution in [-0.2, 0) is 4.79 Å². The van der Waals surface area contributed by atoms with Gasteiger partial charge in [0.15, 0.2) is 0 Å². The minimum Gasteiger partial charge on any atom is -0.396 e. The van der Waals surface area contributed by atoms with Gasteiger partial charge < -0.3 is 10.4 Å². The van der Waals surface area contributed by atoms with Gasteiger partial charge in [0.05, 0.1) is 6.42 Å². The van der Waals surface area contributed by atoms with Crippen LogP contribution in [0, 0.1) is 5.41 Å². The first-order valence-electron chi connectivity index (χ1n) is 5.61. The van der Waals surface area contributed by atoms with E-state index in [2.05, 4.69) is 5.32 Å². The van der Waals surface area contributed by atoms with Crippen LogP contribution in [0.2, 0.25) is 0 Å². The smallest absolute Gasteiger partial charge is 0.389 e. The van der Waals surface area contributed by atoms with Crippen molar-refractivity contribution in [2.75, 3.05) is 13.2 Å². The zero-order valence-electron chi connectivity index (χ0n) is 10.2. The Bertz CT molecular complexity index is 239. The Balaban J connectivity index is 3.83. The number of carbonyl (C=O) groups is 1. The molecule has 0 spiro atoms. The van der Waals surface area contributed by atoms with Crippen LogP contribution in [0.1, 0.15) is 39.5 Å². The van der Waals surface area contributed by atoms with E-state index in [-0.39, 0.29) is 12.0 Å². The van der Waals surface area contributed by atoms with Crippen molar-refractivity contribution in [1.82, 2.24) is 5.32 Å². The fourth-order valence-corrected chi connectivity index (χ4v) is 1.33. The summed E-state index contributed by atoms with van der Waals surface area (Å²) in [6.45, 7) is 4.19. The van der Waals surface area contributed by atoms with Crippen LogP contribution < -0.4 is 5.32 Å². The molecule has 0 atom stereocenters. The van der Waals surface area contributed by atoms with Crippen LogP contribution in [0.25, 0.3) is 0 Å². The molecule has 3 nitrogen and oxygen atoms in total. The molecule has 0 aliphatic heterocycles. The largest absolute Gasteiger partial charge is 0.396 e. The van der Waals surface area contributed by atoms with Crippen molar-refractivity contribution in [1.29, 1.82) is 0 Å². The highest BCUT2D eigenvalue weighted by Gasteiger charge is 2.28. The van der Waals surface area contributed by atoms with E-state index in [0.29, 0.717) is 19.4 Å². The molecular formula is C11H20F3NO2. The Hall–Kier alpha value is -0.780. The van der Waals surface area contributed by atoms with Gasteiger partial charge in [-0.15, -0.1) is 0 Å². The second-order valence-electron chi connectivity index (χ2n) is 4.88. The summed E-state index contributed by atoms with van der Waals surface area (Å²) in [5, 5.41) is 11.2. The fourth-order valence-electron chi connectivity index (χ4n) is 1.33. The maximum atomic E-state index is 11.8. The van der Waals surface area contributed by atoms with Crippen LogP contribution in [0.3, 0.4) is 0 Å². The number of aliphatic hydroxyl groups excluding tert-OH is 1. The van der Waals surface area contributed by atoms with Crippen molar-refractivity contribution in [3.63, 3.8) is 0 Å². The van der Waals surface area contributed by atoms with Gasteiger partial charge in [0.2, 0.25) is 5.91 Å². The number of aliphatic hydroxyl groups is 1. The van der Waals surface area contributed by atoms with E-state index in [1.54, 1.807) is 0 Å². The van der Waals surface area contributed by atoms with Crippen LogP contribution >= 0.6 is 0 Å². The first kappa shape index (κ1) is 16.2. The van der Waals surface area contributed by atoms with Crippen molar-refractivity contribution < 1.29 is 23.1 Å². The molecule has 2 N–H and O–H groups in total. The average molecular weight is 255 g/mol. The molecule has 102 valence electrons. The monoisotopic (exact) mass is 255 g/mol. The molecule has 0 aliphatic rings. The molecule has 0 aliphatic carbocycles. The zero-order valence-corrected chi connectivity index (χ0v) is 10.2. The van der Waals surface area contributed by atoms with E-state index in [9.17, 15) is 18.0 Å². The molecule has 0 bridgehead atoms. The number of carbonyl (C=O) groups excluding carboxylic acids is 1. The lowest BCUT2D eigenvalue weighted by Gasteiger charge is -2.24. The van der Waals surface area contributed by atoms with Crippen molar-refractivity contribution in [3.8, 4) is 0 Å². The van der Waals surface area contributed by atoms with Gasteiger partial charge in [-0.05, 0) is 18.3 Å². The lowest BCUT2D eigenvalue weighted by molar-refractivity contribution is -0.144. The number of halogens is 3. The van der Waals surface area contributed by atoms with E-state index >= 15 is 0 Å². The van der Waals surface area contributed by atoms with Crippen molar-refractivity contribution in [2.24, 2.45) is 5.41 Å². The Morgan fingerprint density at radius 2 is 1.82 bits per heavy atom.